The van der Waals surface area contributed by atoms with Gasteiger partial charge in [0.1, 0.15) is 5.75 Å². The summed E-state index contributed by atoms with van der Waals surface area (Å²) in [6.45, 7) is 4.15. The highest BCUT2D eigenvalue weighted by molar-refractivity contribution is 7.92. The molecule has 160 valence electrons. The van der Waals surface area contributed by atoms with Crippen molar-refractivity contribution in [2.75, 3.05) is 23.3 Å². The number of pyridine rings is 1. The van der Waals surface area contributed by atoms with Crippen LogP contribution in [0.5, 0.6) is 5.75 Å². The molecule has 0 spiro atoms. The van der Waals surface area contributed by atoms with Crippen molar-refractivity contribution in [3.05, 3.63) is 77.1 Å². The fourth-order valence-corrected chi connectivity index (χ4v) is 5.12. The number of carbonyl (C=O) groups excluding carboxylic acids is 1. The summed E-state index contributed by atoms with van der Waals surface area (Å²) < 4.78 is 34.0. The zero-order valence-electron chi connectivity index (χ0n) is 17.5. The number of hydrogen-bond donors (Lipinski definition) is 1. The lowest BCUT2D eigenvalue weighted by molar-refractivity contribution is 0.0989. The number of aromatic nitrogens is 1. The standard InChI is InChI=1S/C23H23N3O4S/c1-15-11-20(12-16(2)22(15)30-3)31(28,29)25-19-7-6-17-8-10-26(21(17)13-19)23(27)18-5-4-9-24-14-18/h4-7,9,11-14,25H,8,10H2,1-3H3. The van der Waals surface area contributed by atoms with Gasteiger partial charge in [0, 0.05) is 24.6 Å². The van der Waals surface area contributed by atoms with Crippen molar-refractivity contribution in [3.8, 4) is 5.75 Å². The summed E-state index contributed by atoms with van der Waals surface area (Å²) in [6.07, 6.45) is 3.86. The van der Waals surface area contributed by atoms with Gasteiger partial charge in [-0.15, -0.1) is 0 Å². The molecule has 7 nitrogen and oxygen atoms in total. The van der Waals surface area contributed by atoms with Gasteiger partial charge in [-0.1, -0.05) is 6.07 Å². The van der Waals surface area contributed by atoms with Crippen LogP contribution in [0, 0.1) is 13.8 Å². The number of anilines is 2. The van der Waals surface area contributed by atoms with Gasteiger partial charge in [0.15, 0.2) is 0 Å². The smallest absolute Gasteiger partial charge is 0.261 e. The van der Waals surface area contributed by atoms with Crippen molar-refractivity contribution in [1.29, 1.82) is 0 Å². The van der Waals surface area contributed by atoms with Crippen LogP contribution in [-0.2, 0) is 16.4 Å². The molecule has 4 rings (SSSR count). The molecule has 2 heterocycles. The zero-order chi connectivity index (χ0) is 22.2. The van der Waals surface area contributed by atoms with E-state index in [1.807, 2.05) is 19.9 Å². The third-order valence-electron chi connectivity index (χ3n) is 5.33. The maximum Gasteiger partial charge on any atom is 0.261 e. The highest BCUT2D eigenvalue weighted by Gasteiger charge is 2.27. The van der Waals surface area contributed by atoms with Gasteiger partial charge in [0.25, 0.3) is 15.9 Å². The molecule has 0 saturated heterocycles. The lowest BCUT2D eigenvalue weighted by Gasteiger charge is -2.18. The Balaban J connectivity index is 1.63. The fourth-order valence-electron chi connectivity index (χ4n) is 3.90. The number of sulfonamides is 1. The van der Waals surface area contributed by atoms with Crippen LogP contribution in [0.1, 0.15) is 27.0 Å². The largest absolute Gasteiger partial charge is 0.496 e. The monoisotopic (exact) mass is 437 g/mol. The number of rotatable bonds is 5. The number of amides is 1. The predicted molar refractivity (Wildman–Crippen MR) is 119 cm³/mol. The van der Waals surface area contributed by atoms with Crippen molar-refractivity contribution in [3.63, 3.8) is 0 Å². The third-order valence-corrected chi connectivity index (χ3v) is 6.70. The first-order valence-corrected chi connectivity index (χ1v) is 11.3. The second kappa shape index (κ2) is 8.03. The minimum atomic E-state index is -3.81. The van der Waals surface area contributed by atoms with Crippen LogP contribution in [-0.4, -0.2) is 33.0 Å². The van der Waals surface area contributed by atoms with Gasteiger partial charge >= 0.3 is 0 Å². The van der Waals surface area contributed by atoms with E-state index >= 15 is 0 Å². The van der Waals surface area contributed by atoms with Crippen LogP contribution < -0.4 is 14.4 Å². The molecule has 0 saturated carbocycles. The summed E-state index contributed by atoms with van der Waals surface area (Å²) in [5.74, 6) is 0.509. The van der Waals surface area contributed by atoms with Gasteiger partial charge in [-0.05, 0) is 73.4 Å². The Morgan fingerprint density at radius 1 is 1.13 bits per heavy atom. The number of aryl methyl sites for hydroxylation is 2. The lowest BCUT2D eigenvalue weighted by atomic mass is 10.1. The van der Waals surface area contributed by atoms with Crippen molar-refractivity contribution < 1.29 is 17.9 Å². The molecule has 3 aromatic rings. The Morgan fingerprint density at radius 2 is 1.87 bits per heavy atom. The number of ether oxygens (including phenoxy) is 1. The van der Waals surface area contributed by atoms with Crippen LogP contribution in [0.15, 0.2) is 59.8 Å². The Hall–Kier alpha value is -3.39. The van der Waals surface area contributed by atoms with E-state index in [-0.39, 0.29) is 10.8 Å². The molecule has 0 fully saturated rings. The SMILES string of the molecule is COc1c(C)cc(S(=O)(=O)Nc2ccc3c(c2)N(C(=O)c2cccnc2)CC3)cc1C. The van der Waals surface area contributed by atoms with Crippen molar-refractivity contribution in [2.24, 2.45) is 0 Å². The Kier molecular flexibility index (Phi) is 5.41. The summed E-state index contributed by atoms with van der Waals surface area (Å²) in [5, 5.41) is 0. The summed E-state index contributed by atoms with van der Waals surface area (Å²) in [5.41, 5.74) is 4.07. The normalized spacial score (nSPS) is 13.1. The van der Waals surface area contributed by atoms with Gasteiger partial charge in [-0.2, -0.15) is 0 Å². The van der Waals surface area contributed by atoms with Crippen molar-refractivity contribution >= 4 is 27.3 Å². The first kappa shape index (κ1) is 20.9. The van der Waals surface area contributed by atoms with E-state index in [1.54, 1.807) is 54.6 Å². The fraction of sp³-hybridized carbons (Fsp3) is 0.217. The minimum absolute atomic E-state index is 0.159. The second-order valence-corrected chi connectivity index (χ2v) is 9.17. The van der Waals surface area contributed by atoms with Crippen molar-refractivity contribution in [2.45, 2.75) is 25.2 Å². The molecule has 0 bridgehead atoms. The molecule has 1 aliphatic heterocycles. The van der Waals surface area contributed by atoms with Gasteiger partial charge in [-0.25, -0.2) is 8.42 Å². The Morgan fingerprint density at radius 3 is 2.52 bits per heavy atom. The van der Waals surface area contributed by atoms with Crippen LogP contribution in [0.25, 0.3) is 0 Å². The van der Waals surface area contributed by atoms with Crippen molar-refractivity contribution in [1.82, 2.24) is 4.98 Å². The summed E-state index contributed by atoms with van der Waals surface area (Å²) in [4.78, 5) is 18.7. The zero-order valence-corrected chi connectivity index (χ0v) is 18.4. The van der Waals surface area contributed by atoms with Gasteiger partial charge in [0.2, 0.25) is 0 Å². The van der Waals surface area contributed by atoms with Gasteiger partial charge < -0.3 is 9.64 Å². The van der Waals surface area contributed by atoms with E-state index in [0.29, 0.717) is 35.7 Å². The number of benzene rings is 2. The molecular weight excluding hydrogens is 414 g/mol. The maximum atomic E-state index is 13.0. The van der Waals surface area contributed by atoms with E-state index in [2.05, 4.69) is 9.71 Å². The molecule has 1 aromatic heterocycles. The number of nitrogens with one attached hydrogen (secondary N) is 1. The number of hydrogen-bond acceptors (Lipinski definition) is 5. The van der Waals surface area contributed by atoms with Crippen LogP contribution in [0.4, 0.5) is 11.4 Å². The quantitative estimate of drug-likeness (QED) is 0.657. The topological polar surface area (TPSA) is 88.6 Å². The van der Waals surface area contributed by atoms with Crippen LogP contribution in [0.3, 0.4) is 0 Å². The molecular formula is C23H23N3O4S. The van der Waals surface area contributed by atoms with Crippen LogP contribution >= 0.6 is 0 Å². The lowest BCUT2D eigenvalue weighted by Crippen LogP contribution is -2.29. The molecule has 31 heavy (non-hydrogen) atoms. The van der Waals surface area contributed by atoms with E-state index in [0.717, 1.165) is 16.7 Å². The minimum Gasteiger partial charge on any atom is -0.496 e. The molecule has 0 atom stereocenters. The highest BCUT2D eigenvalue weighted by atomic mass is 32.2. The van der Waals surface area contributed by atoms with E-state index in [9.17, 15) is 13.2 Å². The number of carbonyl (C=O) groups is 1. The van der Waals surface area contributed by atoms with Gasteiger partial charge in [-0.3, -0.25) is 14.5 Å². The molecule has 0 aliphatic carbocycles. The Labute approximate surface area is 181 Å². The highest BCUT2D eigenvalue weighted by Crippen LogP contribution is 2.33. The maximum absolute atomic E-state index is 13.0. The summed E-state index contributed by atoms with van der Waals surface area (Å²) in [7, 11) is -2.25. The molecule has 8 heteroatoms. The van der Waals surface area contributed by atoms with E-state index < -0.39 is 10.0 Å². The summed E-state index contributed by atoms with van der Waals surface area (Å²) in [6, 6.07) is 11.9. The molecule has 0 unspecified atom stereocenters. The summed E-state index contributed by atoms with van der Waals surface area (Å²) >= 11 is 0. The number of nitrogens with zero attached hydrogens (tertiary/aromatic N) is 2. The number of methoxy groups -OCH3 is 1. The molecule has 0 radical (unpaired) electrons. The molecule has 1 N–H and O–H groups in total. The first-order valence-electron chi connectivity index (χ1n) is 9.83. The average Bonchev–Trinajstić information content (AvgIpc) is 3.16. The van der Waals surface area contributed by atoms with E-state index in [1.165, 1.54) is 6.20 Å². The predicted octanol–water partition coefficient (Wildman–Crippen LogP) is 3.71. The average molecular weight is 438 g/mol. The number of fused-ring (bicyclic) bond motifs is 1. The second-order valence-electron chi connectivity index (χ2n) is 7.49. The van der Waals surface area contributed by atoms with E-state index in [4.69, 9.17) is 4.74 Å². The van der Waals surface area contributed by atoms with Crippen LogP contribution in [0.2, 0.25) is 0 Å². The molecule has 1 amide bonds. The third kappa shape index (κ3) is 3.98. The molecule has 1 aliphatic rings. The first-order chi connectivity index (χ1) is 14.8. The van der Waals surface area contributed by atoms with Gasteiger partial charge in [0.05, 0.1) is 23.3 Å². The molecule has 2 aromatic carbocycles. The Bertz CT molecular complexity index is 1230.